The Labute approximate surface area is 150 Å². The predicted octanol–water partition coefficient (Wildman–Crippen LogP) is 3.06. The number of carbonyl (C=O) groups excluding carboxylic acids is 1. The van der Waals surface area contributed by atoms with Crippen LogP contribution in [0.5, 0.6) is 0 Å². The van der Waals surface area contributed by atoms with Crippen molar-refractivity contribution in [1.29, 1.82) is 0 Å². The van der Waals surface area contributed by atoms with Crippen LogP contribution in [0.2, 0.25) is 0 Å². The number of rotatable bonds is 1. The number of aromatic amines is 1. The number of fused-ring (bicyclic) bond motifs is 5. The van der Waals surface area contributed by atoms with Crippen molar-refractivity contribution in [1.82, 2.24) is 14.4 Å². The van der Waals surface area contributed by atoms with E-state index >= 15 is 0 Å². The van der Waals surface area contributed by atoms with Gasteiger partial charge in [-0.3, -0.25) is 4.79 Å². The summed E-state index contributed by atoms with van der Waals surface area (Å²) in [5, 5.41) is 0. The quantitative estimate of drug-likeness (QED) is 0.684. The Morgan fingerprint density at radius 1 is 1.31 bits per heavy atom. The lowest BCUT2D eigenvalue weighted by Gasteiger charge is -2.22. The molecular weight excluding hydrogens is 330 g/mol. The zero-order chi connectivity index (χ0) is 18.7. The predicted molar refractivity (Wildman–Crippen MR) is 98.9 cm³/mol. The Bertz CT molecular complexity index is 1140. The number of ether oxygens (including phenoxy) is 1. The van der Waals surface area contributed by atoms with Crippen molar-refractivity contribution in [3.05, 3.63) is 56.1 Å². The first-order chi connectivity index (χ1) is 12.3. The third-order valence-corrected chi connectivity index (χ3v) is 5.57. The van der Waals surface area contributed by atoms with Gasteiger partial charge in [-0.05, 0) is 61.4 Å². The van der Waals surface area contributed by atoms with Gasteiger partial charge in [-0.25, -0.2) is 9.78 Å². The number of carbonyl (C=O) groups is 1. The molecule has 4 rings (SSSR count). The van der Waals surface area contributed by atoms with Crippen molar-refractivity contribution in [3.63, 3.8) is 0 Å². The number of pyridine rings is 2. The number of aromatic nitrogens is 3. The number of methoxy groups -OCH3 is 1. The molecule has 3 heterocycles. The molecule has 0 spiro atoms. The van der Waals surface area contributed by atoms with Crippen LogP contribution < -0.4 is 5.56 Å². The minimum atomic E-state index is -0.621. The van der Waals surface area contributed by atoms with Gasteiger partial charge in [0.2, 0.25) is 0 Å². The van der Waals surface area contributed by atoms with Crippen molar-refractivity contribution in [2.45, 2.75) is 40.0 Å². The molecule has 1 atom stereocenters. The summed E-state index contributed by atoms with van der Waals surface area (Å²) in [5.74, 6) is -0.469. The summed E-state index contributed by atoms with van der Waals surface area (Å²) in [6.45, 7) is 8.36. The minimum absolute atomic E-state index is 0.0354. The largest absolute Gasteiger partial charge is 0.465 e. The summed E-state index contributed by atoms with van der Waals surface area (Å²) in [4.78, 5) is 32.0. The lowest BCUT2D eigenvalue weighted by molar-refractivity contribution is 0.0598. The average molecular weight is 351 g/mol. The third kappa shape index (κ3) is 2.14. The number of H-pyrrole nitrogens is 1. The Kier molecular flexibility index (Phi) is 3.54. The number of hydrogen-bond acceptors (Lipinski definition) is 4. The number of aryl methyl sites for hydroxylation is 2. The first-order valence-electron chi connectivity index (χ1n) is 8.67. The molecular formula is C20H21N3O3. The molecule has 0 saturated heterocycles. The Hall–Kier alpha value is -2.89. The van der Waals surface area contributed by atoms with E-state index < -0.39 is 11.5 Å². The standard InChI is InChI=1S/C20H21N3O3/c1-9-6-15-17(21-18-12(4)11(3)10(2)8-23(15)18)16-13(9)7-14(19(24)22-16)20(25)26-5/h7-9H,6H2,1-5H3,(H,22,24). The molecule has 26 heavy (non-hydrogen) atoms. The van der Waals surface area contributed by atoms with Gasteiger partial charge in [0.05, 0.1) is 18.5 Å². The minimum Gasteiger partial charge on any atom is -0.465 e. The molecule has 0 amide bonds. The molecule has 1 N–H and O–H groups in total. The van der Waals surface area contributed by atoms with Gasteiger partial charge < -0.3 is 14.1 Å². The Morgan fingerprint density at radius 3 is 2.73 bits per heavy atom. The van der Waals surface area contributed by atoms with Crippen molar-refractivity contribution in [2.75, 3.05) is 7.11 Å². The lowest BCUT2D eigenvalue weighted by atomic mass is 9.86. The van der Waals surface area contributed by atoms with Crippen LogP contribution >= 0.6 is 0 Å². The molecule has 1 aliphatic carbocycles. The fourth-order valence-corrected chi connectivity index (χ4v) is 3.81. The van der Waals surface area contributed by atoms with Crippen molar-refractivity contribution >= 4 is 11.6 Å². The van der Waals surface area contributed by atoms with Crippen molar-refractivity contribution in [2.24, 2.45) is 0 Å². The molecule has 3 aromatic heterocycles. The highest BCUT2D eigenvalue weighted by Crippen LogP contribution is 2.38. The van der Waals surface area contributed by atoms with Gasteiger partial charge in [-0.2, -0.15) is 0 Å². The molecule has 1 unspecified atom stereocenters. The van der Waals surface area contributed by atoms with E-state index in [0.29, 0.717) is 5.69 Å². The summed E-state index contributed by atoms with van der Waals surface area (Å²) >= 11 is 0. The van der Waals surface area contributed by atoms with E-state index in [0.717, 1.165) is 34.6 Å². The van der Waals surface area contributed by atoms with Crippen LogP contribution in [0.1, 0.15) is 51.1 Å². The van der Waals surface area contributed by atoms with E-state index in [1.165, 1.54) is 18.2 Å². The van der Waals surface area contributed by atoms with Crippen LogP contribution in [0.4, 0.5) is 0 Å². The molecule has 134 valence electrons. The fourth-order valence-electron chi connectivity index (χ4n) is 3.81. The summed E-state index contributed by atoms with van der Waals surface area (Å²) in [7, 11) is 1.28. The number of nitrogens with one attached hydrogen (secondary N) is 1. The van der Waals surface area contributed by atoms with E-state index in [4.69, 9.17) is 9.72 Å². The molecule has 3 aromatic rings. The van der Waals surface area contributed by atoms with Gasteiger partial charge >= 0.3 is 5.97 Å². The van der Waals surface area contributed by atoms with Gasteiger partial charge in [0, 0.05) is 6.20 Å². The third-order valence-electron chi connectivity index (χ3n) is 5.57. The lowest BCUT2D eigenvalue weighted by Crippen LogP contribution is -2.23. The molecule has 6 heteroatoms. The molecule has 0 aromatic carbocycles. The van der Waals surface area contributed by atoms with E-state index in [1.807, 2.05) is 0 Å². The second-order valence-electron chi connectivity index (χ2n) is 7.10. The van der Waals surface area contributed by atoms with Gasteiger partial charge in [0.1, 0.15) is 16.9 Å². The van der Waals surface area contributed by atoms with Gasteiger partial charge in [-0.15, -0.1) is 0 Å². The second-order valence-corrected chi connectivity index (χ2v) is 7.10. The Balaban J connectivity index is 2.04. The highest BCUT2D eigenvalue weighted by molar-refractivity contribution is 5.90. The maximum Gasteiger partial charge on any atom is 0.343 e. The Morgan fingerprint density at radius 2 is 2.04 bits per heavy atom. The zero-order valence-electron chi connectivity index (χ0n) is 15.6. The first kappa shape index (κ1) is 16.6. The van der Waals surface area contributed by atoms with Gasteiger partial charge in [0.25, 0.3) is 5.56 Å². The van der Waals surface area contributed by atoms with Crippen LogP contribution in [0, 0.1) is 20.8 Å². The van der Waals surface area contributed by atoms with Gasteiger partial charge in [-0.1, -0.05) is 6.92 Å². The zero-order valence-corrected chi connectivity index (χ0v) is 15.6. The number of nitrogens with zero attached hydrogens (tertiary/aromatic N) is 2. The average Bonchev–Trinajstić information content (AvgIpc) is 2.97. The highest BCUT2D eigenvalue weighted by atomic mass is 16.5. The van der Waals surface area contributed by atoms with Crippen molar-refractivity contribution in [3.8, 4) is 11.4 Å². The van der Waals surface area contributed by atoms with Crippen LogP contribution in [-0.2, 0) is 11.2 Å². The van der Waals surface area contributed by atoms with Crippen LogP contribution in [-0.4, -0.2) is 27.4 Å². The normalized spacial score (nSPS) is 15.7. The van der Waals surface area contributed by atoms with Crippen LogP contribution in [0.15, 0.2) is 17.1 Å². The molecule has 0 fully saturated rings. The summed E-state index contributed by atoms with van der Waals surface area (Å²) in [5.41, 5.74) is 7.59. The maximum absolute atomic E-state index is 12.4. The molecule has 6 nitrogen and oxygen atoms in total. The molecule has 0 aliphatic heterocycles. The molecule has 0 radical (unpaired) electrons. The molecule has 0 bridgehead atoms. The topological polar surface area (TPSA) is 76.5 Å². The van der Waals surface area contributed by atoms with E-state index in [1.54, 1.807) is 6.07 Å². The summed E-state index contributed by atoms with van der Waals surface area (Å²) in [6.07, 6.45) is 2.90. The van der Waals surface area contributed by atoms with E-state index in [-0.39, 0.29) is 11.5 Å². The maximum atomic E-state index is 12.4. The number of esters is 1. The number of hydrogen-bond donors (Lipinski definition) is 1. The smallest absolute Gasteiger partial charge is 0.343 e. The SMILES string of the molecule is COC(=O)c1cc2c([nH]c1=O)-c1nc3c(C)c(C)c(C)cn3c1CC2C. The van der Waals surface area contributed by atoms with E-state index in [9.17, 15) is 9.59 Å². The summed E-state index contributed by atoms with van der Waals surface area (Å²) < 4.78 is 6.86. The van der Waals surface area contributed by atoms with E-state index in [2.05, 4.69) is 43.3 Å². The van der Waals surface area contributed by atoms with Crippen molar-refractivity contribution < 1.29 is 9.53 Å². The van der Waals surface area contributed by atoms with Gasteiger partial charge in [0.15, 0.2) is 0 Å². The molecule has 0 saturated carbocycles. The number of imidazole rings is 1. The van der Waals surface area contributed by atoms with Crippen LogP contribution in [0.3, 0.4) is 0 Å². The monoisotopic (exact) mass is 351 g/mol. The highest BCUT2D eigenvalue weighted by Gasteiger charge is 2.29. The molecule has 1 aliphatic rings. The van der Waals surface area contributed by atoms with Crippen LogP contribution in [0.25, 0.3) is 17.0 Å². The second kappa shape index (κ2) is 5.56. The summed E-state index contributed by atoms with van der Waals surface area (Å²) in [6, 6.07) is 1.65. The fraction of sp³-hybridized carbons (Fsp3) is 0.350. The first-order valence-corrected chi connectivity index (χ1v) is 8.67.